The van der Waals surface area contributed by atoms with Crippen molar-refractivity contribution in [3.63, 3.8) is 0 Å². The molecule has 8 heteroatoms. The predicted molar refractivity (Wildman–Crippen MR) is 78.6 cm³/mol. The molecular formula is C13H14Cl2N2O4. The molecule has 1 heterocycles. The molecule has 1 aromatic carbocycles. The van der Waals surface area contributed by atoms with E-state index in [9.17, 15) is 9.59 Å². The molecule has 1 saturated heterocycles. The number of nitrogen functional groups attached to an aromatic ring is 1. The number of esters is 1. The summed E-state index contributed by atoms with van der Waals surface area (Å²) in [5.41, 5.74) is 5.95. The van der Waals surface area contributed by atoms with E-state index in [1.807, 2.05) is 0 Å². The van der Waals surface area contributed by atoms with Crippen molar-refractivity contribution in [3.8, 4) is 0 Å². The largest absolute Gasteiger partial charge is 0.452 e. The lowest BCUT2D eigenvalue weighted by Gasteiger charge is -2.26. The molecule has 6 nitrogen and oxygen atoms in total. The van der Waals surface area contributed by atoms with Gasteiger partial charge in [-0.25, -0.2) is 4.79 Å². The minimum Gasteiger partial charge on any atom is -0.452 e. The van der Waals surface area contributed by atoms with Crippen LogP contribution in [0.15, 0.2) is 12.1 Å². The third-order valence-corrected chi connectivity index (χ3v) is 3.80. The molecular weight excluding hydrogens is 319 g/mol. The molecule has 0 atom stereocenters. The number of anilines is 1. The Hall–Kier alpha value is -1.50. The Balaban J connectivity index is 1.94. The monoisotopic (exact) mass is 332 g/mol. The Labute approximate surface area is 131 Å². The standard InChI is InChI=1S/C13H14Cl2N2O4/c14-9-5-8(6-10(16)12(9)15)13(19)21-7-11(18)17-1-3-20-4-2-17/h5-6H,1-4,7,16H2. The van der Waals surface area contributed by atoms with Crippen LogP contribution in [-0.2, 0) is 14.3 Å². The van der Waals surface area contributed by atoms with Crippen molar-refractivity contribution in [1.82, 2.24) is 4.90 Å². The number of nitrogens with two attached hydrogens (primary N) is 1. The highest BCUT2D eigenvalue weighted by molar-refractivity contribution is 6.43. The van der Waals surface area contributed by atoms with Crippen LogP contribution in [-0.4, -0.2) is 49.7 Å². The zero-order valence-corrected chi connectivity index (χ0v) is 12.6. The fraction of sp³-hybridized carbons (Fsp3) is 0.385. The summed E-state index contributed by atoms with van der Waals surface area (Å²) in [6.07, 6.45) is 0. The van der Waals surface area contributed by atoms with Gasteiger partial charge in [0.1, 0.15) is 0 Å². The number of hydrogen-bond donors (Lipinski definition) is 1. The number of nitrogens with zero attached hydrogens (tertiary/aromatic N) is 1. The van der Waals surface area contributed by atoms with Crippen molar-refractivity contribution < 1.29 is 19.1 Å². The van der Waals surface area contributed by atoms with Crippen LogP contribution >= 0.6 is 23.2 Å². The summed E-state index contributed by atoms with van der Waals surface area (Å²) >= 11 is 11.6. The van der Waals surface area contributed by atoms with E-state index in [4.69, 9.17) is 38.4 Å². The van der Waals surface area contributed by atoms with Gasteiger partial charge in [0.05, 0.1) is 34.5 Å². The number of ether oxygens (including phenoxy) is 2. The Morgan fingerprint density at radius 2 is 1.95 bits per heavy atom. The molecule has 0 saturated carbocycles. The first-order valence-electron chi connectivity index (χ1n) is 6.26. The molecule has 1 aliphatic rings. The van der Waals surface area contributed by atoms with Gasteiger partial charge in [-0.05, 0) is 12.1 Å². The number of rotatable bonds is 3. The molecule has 0 bridgehead atoms. The molecule has 114 valence electrons. The summed E-state index contributed by atoms with van der Waals surface area (Å²) in [7, 11) is 0. The summed E-state index contributed by atoms with van der Waals surface area (Å²) in [5, 5.41) is 0.334. The van der Waals surface area contributed by atoms with Gasteiger partial charge in [-0.1, -0.05) is 23.2 Å². The Morgan fingerprint density at radius 3 is 2.57 bits per heavy atom. The van der Waals surface area contributed by atoms with Gasteiger partial charge in [0, 0.05) is 13.1 Å². The highest BCUT2D eigenvalue weighted by Gasteiger charge is 2.19. The Kier molecular flexibility index (Phi) is 5.27. The van der Waals surface area contributed by atoms with Crippen molar-refractivity contribution in [2.75, 3.05) is 38.6 Å². The van der Waals surface area contributed by atoms with E-state index in [1.165, 1.54) is 12.1 Å². The molecule has 1 amide bonds. The van der Waals surface area contributed by atoms with Crippen LogP contribution in [0, 0.1) is 0 Å². The first-order chi connectivity index (χ1) is 9.99. The molecule has 21 heavy (non-hydrogen) atoms. The average molecular weight is 333 g/mol. The lowest BCUT2D eigenvalue weighted by Crippen LogP contribution is -2.42. The van der Waals surface area contributed by atoms with Crippen LogP contribution in [0.1, 0.15) is 10.4 Å². The van der Waals surface area contributed by atoms with E-state index < -0.39 is 5.97 Å². The number of carbonyl (C=O) groups excluding carboxylic acids is 2. The third-order valence-electron chi connectivity index (χ3n) is 2.98. The maximum atomic E-state index is 11.9. The highest BCUT2D eigenvalue weighted by Crippen LogP contribution is 2.29. The second-order valence-electron chi connectivity index (χ2n) is 4.43. The molecule has 0 radical (unpaired) electrons. The summed E-state index contributed by atoms with van der Waals surface area (Å²) in [6, 6.07) is 2.71. The summed E-state index contributed by atoms with van der Waals surface area (Å²) in [4.78, 5) is 25.3. The van der Waals surface area contributed by atoms with E-state index in [0.717, 1.165) is 0 Å². The SMILES string of the molecule is Nc1cc(C(=O)OCC(=O)N2CCOCC2)cc(Cl)c1Cl. The number of carbonyl (C=O) groups is 2. The van der Waals surface area contributed by atoms with Crippen molar-refractivity contribution in [3.05, 3.63) is 27.7 Å². The number of hydrogen-bond acceptors (Lipinski definition) is 5. The van der Waals surface area contributed by atoms with Gasteiger partial charge in [0.25, 0.3) is 5.91 Å². The number of morpholine rings is 1. The quantitative estimate of drug-likeness (QED) is 0.671. The van der Waals surface area contributed by atoms with Crippen LogP contribution in [0.5, 0.6) is 0 Å². The predicted octanol–water partition coefficient (Wildman–Crippen LogP) is 1.59. The van der Waals surface area contributed by atoms with Crippen molar-refractivity contribution in [2.24, 2.45) is 0 Å². The van der Waals surface area contributed by atoms with Crippen molar-refractivity contribution in [2.45, 2.75) is 0 Å². The van der Waals surface area contributed by atoms with Crippen LogP contribution in [0.2, 0.25) is 10.0 Å². The zero-order chi connectivity index (χ0) is 15.4. The lowest BCUT2D eigenvalue weighted by molar-refractivity contribution is -0.138. The summed E-state index contributed by atoms with van der Waals surface area (Å²) < 4.78 is 10.1. The molecule has 0 aliphatic carbocycles. The first-order valence-corrected chi connectivity index (χ1v) is 7.02. The van der Waals surface area contributed by atoms with E-state index >= 15 is 0 Å². The second-order valence-corrected chi connectivity index (χ2v) is 5.22. The van der Waals surface area contributed by atoms with E-state index in [-0.39, 0.29) is 33.8 Å². The van der Waals surface area contributed by atoms with Crippen LogP contribution in [0.4, 0.5) is 5.69 Å². The van der Waals surface area contributed by atoms with E-state index in [2.05, 4.69) is 0 Å². The second kappa shape index (κ2) is 6.98. The number of amides is 1. The molecule has 2 N–H and O–H groups in total. The number of halogens is 2. The van der Waals surface area contributed by atoms with Crippen molar-refractivity contribution in [1.29, 1.82) is 0 Å². The van der Waals surface area contributed by atoms with Gasteiger partial charge in [0.15, 0.2) is 6.61 Å². The molecule has 0 unspecified atom stereocenters. The average Bonchev–Trinajstić information content (AvgIpc) is 2.50. The van der Waals surface area contributed by atoms with Gasteiger partial charge in [-0.15, -0.1) is 0 Å². The minimum atomic E-state index is -0.679. The fourth-order valence-corrected chi connectivity index (χ4v) is 2.18. The highest BCUT2D eigenvalue weighted by atomic mass is 35.5. The molecule has 1 aromatic rings. The topological polar surface area (TPSA) is 81.9 Å². The van der Waals surface area contributed by atoms with Gasteiger partial charge < -0.3 is 20.1 Å². The van der Waals surface area contributed by atoms with Gasteiger partial charge >= 0.3 is 5.97 Å². The van der Waals surface area contributed by atoms with Gasteiger partial charge in [0.2, 0.25) is 0 Å². The maximum absolute atomic E-state index is 11.9. The van der Waals surface area contributed by atoms with Gasteiger partial charge in [-0.2, -0.15) is 0 Å². The summed E-state index contributed by atoms with van der Waals surface area (Å²) in [5.74, 6) is -0.943. The molecule has 0 aromatic heterocycles. The molecule has 2 rings (SSSR count). The van der Waals surface area contributed by atoms with Crippen LogP contribution < -0.4 is 5.73 Å². The third kappa shape index (κ3) is 4.00. The Morgan fingerprint density at radius 1 is 1.29 bits per heavy atom. The lowest BCUT2D eigenvalue weighted by atomic mass is 10.2. The smallest absolute Gasteiger partial charge is 0.338 e. The maximum Gasteiger partial charge on any atom is 0.338 e. The fourth-order valence-electron chi connectivity index (χ4n) is 1.84. The number of benzene rings is 1. The van der Waals surface area contributed by atoms with Crippen LogP contribution in [0.3, 0.4) is 0 Å². The van der Waals surface area contributed by atoms with Crippen molar-refractivity contribution >= 4 is 40.8 Å². The first kappa shape index (κ1) is 15.9. The van der Waals surface area contributed by atoms with E-state index in [1.54, 1.807) is 4.90 Å². The Bertz CT molecular complexity index is 536. The summed E-state index contributed by atoms with van der Waals surface area (Å²) in [6.45, 7) is 1.64. The van der Waals surface area contributed by atoms with Crippen LogP contribution in [0.25, 0.3) is 0 Å². The molecule has 1 aliphatic heterocycles. The minimum absolute atomic E-state index is 0.150. The van der Waals surface area contributed by atoms with E-state index in [0.29, 0.717) is 26.3 Å². The zero-order valence-electron chi connectivity index (χ0n) is 11.1. The normalized spacial score (nSPS) is 14.9. The molecule has 0 spiro atoms. The molecule has 1 fully saturated rings. The van der Waals surface area contributed by atoms with Gasteiger partial charge in [-0.3, -0.25) is 4.79 Å².